The lowest BCUT2D eigenvalue weighted by molar-refractivity contribution is -0.231. The molecule has 0 aliphatic carbocycles. The zero-order chi connectivity index (χ0) is 35.6. The van der Waals surface area contributed by atoms with Crippen LogP contribution in [0.15, 0.2) is 0 Å². The number of carbonyl (C=O) groups is 3. The van der Waals surface area contributed by atoms with E-state index in [2.05, 4.69) is 24.5 Å². The van der Waals surface area contributed by atoms with Crippen LogP contribution >= 0.6 is 0 Å². The van der Waals surface area contributed by atoms with E-state index in [-0.39, 0.29) is 12.5 Å². The molecule has 1 aliphatic heterocycles. The normalized spacial score (nSPS) is 21.5. The van der Waals surface area contributed by atoms with E-state index in [0.29, 0.717) is 13.0 Å². The third kappa shape index (κ3) is 18.8. The third-order valence-electron chi connectivity index (χ3n) is 9.44. The monoisotopic (exact) mass is 685 g/mol. The number of ether oxygens (including phenoxy) is 1. The molecule has 0 aromatic heterocycles. The molecule has 0 saturated carbocycles. The Kier molecular flexibility index (Phi) is 25.8. The molecule has 0 aromatic rings. The number of hydrogen-bond donors (Lipinski definition) is 6. The van der Waals surface area contributed by atoms with Crippen LogP contribution in [0.4, 0.5) is 0 Å². The molecule has 0 radical (unpaired) electrons. The maximum Gasteiger partial charge on any atom is 0.239 e. The molecule has 3 amide bonds. The highest BCUT2D eigenvalue weighted by atomic mass is 16.5. The van der Waals surface area contributed by atoms with Crippen LogP contribution in [-0.2, 0) is 19.1 Å². The summed E-state index contributed by atoms with van der Waals surface area (Å²) in [4.78, 5) is 40.1. The third-order valence-corrected chi connectivity index (χ3v) is 9.44. The number of nitrogens with one attached hydrogen (secondary N) is 2. The molecule has 48 heavy (non-hydrogen) atoms. The minimum Gasteiger partial charge on any atom is -0.394 e. The fourth-order valence-corrected chi connectivity index (χ4v) is 6.33. The maximum atomic E-state index is 13.7. The second kappa shape index (κ2) is 28.0. The average molecular weight is 685 g/mol. The summed E-state index contributed by atoms with van der Waals surface area (Å²) in [6.07, 6.45) is 19.4. The number of carbonyl (C=O) groups excluding carboxylic acids is 3. The molecule has 7 N–H and O–H groups in total. The quantitative estimate of drug-likeness (QED) is 0.0608. The number of nitrogens with two attached hydrogens (primary N) is 1. The number of hydrogen-bond acceptors (Lipinski definition) is 8. The van der Waals surface area contributed by atoms with Gasteiger partial charge in [-0.15, -0.1) is 0 Å². The maximum absolute atomic E-state index is 13.7. The van der Waals surface area contributed by atoms with Crippen molar-refractivity contribution < 1.29 is 34.4 Å². The largest absolute Gasteiger partial charge is 0.394 e. The van der Waals surface area contributed by atoms with Crippen molar-refractivity contribution in [1.29, 1.82) is 0 Å². The molecular weight excluding hydrogens is 612 g/mol. The van der Waals surface area contributed by atoms with E-state index in [9.17, 15) is 29.7 Å². The first kappa shape index (κ1) is 44.2. The van der Waals surface area contributed by atoms with E-state index in [1.165, 1.54) is 90.4 Å². The summed E-state index contributed by atoms with van der Waals surface area (Å²) in [6.45, 7) is 5.37. The molecule has 282 valence electrons. The summed E-state index contributed by atoms with van der Waals surface area (Å²) in [5.41, 5.74) is 5.58. The molecule has 1 rings (SSSR count). The summed E-state index contributed by atoms with van der Waals surface area (Å²) >= 11 is 0. The Morgan fingerprint density at radius 3 is 1.65 bits per heavy atom. The summed E-state index contributed by atoms with van der Waals surface area (Å²) in [5.74, 6) is -1.27. The lowest BCUT2D eigenvalue weighted by atomic mass is 9.94. The second-order valence-corrected chi connectivity index (χ2v) is 13.9. The van der Waals surface area contributed by atoms with Gasteiger partial charge in [-0.3, -0.25) is 14.4 Å². The fraction of sp³-hybridized carbons (Fsp3) is 0.919. The van der Waals surface area contributed by atoms with E-state index in [4.69, 9.17) is 10.5 Å². The van der Waals surface area contributed by atoms with Gasteiger partial charge in [0.2, 0.25) is 17.7 Å². The van der Waals surface area contributed by atoms with Crippen molar-refractivity contribution in [2.75, 3.05) is 19.7 Å². The summed E-state index contributed by atoms with van der Waals surface area (Å²) in [5, 5.41) is 36.8. The highest BCUT2D eigenvalue weighted by molar-refractivity contribution is 5.87. The number of unbranched alkanes of at least 4 members (excludes halogenated alkanes) is 19. The van der Waals surface area contributed by atoms with Crippen molar-refractivity contribution in [2.24, 2.45) is 5.73 Å². The number of aliphatic hydroxyl groups excluding tert-OH is 3. The van der Waals surface area contributed by atoms with Crippen molar-refractivity contribution in [2.45, 2.75) is 199 Å². The van der Waals surface area contributed by atoms with Gasteiger partial charge in [0.1, 0.15) is 24.4 Å². The van der Waals surface area contributed by atoms with Gasteiger partial charge in [0.05, 0.1) is 19.2 Å². The smallest absolute Gasteiger partial charge is 0.239 e. The first-order chi connectivity index (χ1) is 23.2. The van der Waals surface area contributed by atoms with Crippen LogP contribution in [0.2, 0.25) is 0 Å². The minimum atomic E-state index is -1.50. The second-order valence-electron chi connectivity index (χ2n) is 13.9. The van der Waals surface area contributed by atoms with Gasteiger partial charge in [-0.25, -0.2) is 0 Å². The van der Waals surface area contributed by atoms with Crippen LogP contribution in [0.1, 0.15) is 162 Å². The molecular formula is C37H72N4O7. The van der Waals surface area contributed by atoms with Crippen molar-refractivity contribution in [3.63, 3.8) is 0 Å². The number of aliphatic hydroxyl groups is 3. The Labute approximate surface area is 291 Å². The number of nitrogens with zero attached hydrogens (tertiary/aromatic N) is 1. The zero-order valence-electron chi connectivity index (χ0n) is 30.6. The van der Waals surface area contributed by atoms with Gasteiger partial charge >= 0.3 is 0 Å². The Balaban J connectivity index is 2.84. The first-order valence-corrected chi connectivity index (χ1v) is 19.4. The number of amides is 3. The molecule has 0 bridgehead atoms. The predicted octanol–water partition coefficient (Wildman–Crippen LogP) is 4.82. The van der Waals surface area contributed by atoms with E-state index < -0.39 is 55.0 Å². The standard InChI is InChI=1S/C37H72N4O7/c1-4-6-8-10-12-14-15-16-18-20-22-24-26-41(32(44)25-23-21-19-17-13-11-9-7-5-2)37-33(35(46)34(45)30(28-42)48-37)40-31(43)27-39-36(47)29(3)38/h29-30,33-35,37,42,45-46H,4-28,38H2,1-3H3,(H,39,47)(H,40,43)/t29-,30+,33+,34+,35+,37+/m0/s1. The summed E-state index contributed by atoms with van der Waals surface area (Å²) in [6, 6.07) is -1.96. The van der Waals surface area contributed by atoms with E-state index >= 15 is 0 Å². The van der Waals surface area contributed by atoms with E-state index in [1.807, 2.05) is 0 Å². The van der Waals surface area contributed by atoms with Gasteiger partial charge in [0, 0.05) is 13.0 Å². The van der Waals surface area contributed by atoms with E-state index in [0.717, 1.165) is 51.4 Å². The highest BCUT2D eigenvalue weighted by Gasteiger charge is 2.48. The van der Waals surface area contributed by atoms with Gasteiger partial charge in [-0.1, -0.05) is 136 Å². The van der Waals surface area contributed by atoms with Gasteiger partial charge in [-0.2, -0.15) is 0 Å². The highest BCUT2D eigenvalue weighted by Crippen LogP contribution is 2.26. The van der Waals surface area contributed by atoms with Crippen molar-refractivity contribution in [3.8, 4) is 0 Å². The predicted molar refractivity (Wildman–Crippen MR) is 191 cm³/mol. The fourth-order valence-electron chi connectivity index (χ4n) is 6.33. The van der Waals surface area contributed by atoms with Crippen LogP contribution < -0.4 is 16.4 Å². The lowest BCUT2D eigenvalue weighted by Gasteiger charge is -2.47. The van der Waals surface area contributed by atoms with Crippen LogP contribution in [0, 0.1) is 0 Å². The van der Waals surface area contributed by atoms with Gasteiger partial charge in [0.15, 0.2) is 6.23 Å². The Morgan fingerprint density at radius 1 is 0.729 bits per heavy atom. The van der Waals surface area contributed by atoms with Crippen LogP contribution in [0.25, 0.3) is 0 Å². The molecule has 11 nitrogen and oxygen atoms in total. The summed E-state index contributed by atoms with van der Waals surface area (Å²) in [7, 11) is 0. The minimum absolute atomic E-state index is 0.143. The summed E-state index contributed by atoms with van der Waals surface area (Å²) < 4.78 is 6.05. The Bertz CT molecular complexity index is 847. The molecule has 6 atom stereocenters. The molecule has 1 heterocycles. The Morgan fingerprint density at radius 2 is 1.19 bits per heavy atom. The zero-order valence-corrected chi connectivity index (χ0v) is 30.6. The van der Waals surface area contributed by atoms with Crippen LogP contribution in [-0.4, -0.2) is 94.3 Å². The van der Waals surface area contributed by atoms with E-state index in [1.54, 1.807) is 4.90 Å². The molecule has 1 aliphatic rings. The van der Waals surface area contributed by atoms with Crippen molar-refractivity contribution in [3.05, 3.63) is 0 Å². The SMILES string of the molecule is CCCCCCCCCCCCCCN(C(=O)CCCCCCCCCCC)[C@@H]1O[C@H](CO)[C@@H](O)[C@H](O)[C@H]1NC(=O)CNC(=O)[C@H](C)N. The lowest BCUT2D eigenvalue weighted by Crippen LogP contribution is -2.69. The molecule has 0 spiro atoms. The topological polar surface area (TPSA) is 174 Å². The molecule has 0 aromatic carbocycles. The van der Waals surface area contributed by atoms with Crippen molar-refractivity contribution in [1.82, 2.24) is 15.5 Å². The van der Waals surface area contributed by atoms with Crippen molar-refractivity contribution >= 4 is 17.7 Å². The first-order valence-electron chi connectivity index (χ1n) is 19.4. The van der Waals surface area contributed by atoms with Crippen LogP contribution in [0.3, 0.4) is 0 Å². The number of rotatable bonds is 29. The average Bonchev–Trinajstić information content (AvgIpc) is 3.07. The van der Waals surface area contributed by atoms with Gasteiger partial charge in [-0.05, 0) is 19.8 Å². The molecule has 11 heteroatoms. The molecule has 1 fully saturated rings. The Hall–Kier alpha value is -1.79. The molecule has 0 unspecified atom stereocenters. The van der Waals surface area contributed by atoms with Crippen LogP contribution in [0.5, 0.6) is 0 Å². The van der Waals surface area contributed by atoms with Gasteiger partial charge in [0.25, 0.3) is 0 Å². The van der Waals surface area contributed by atoms with Gasteiger partial charge < -0.3 is 41.3 Å². The molecule has 1 saturated heterocycles.